The predicted molar refractivity (Wildman–Crippen MR) is 72.5 cm³/mol. The summed E-state index contributed by atoms with van der Waals surface area (Å²) in [6.07, 6.45) is 6.17. The summed E-state index contributed by atoms with van der Waals surface area (Å²) in [7, 11) is 0. The van der Waals surface area contributed by atoms with Gasteiger partial charge in [-0.25, -0.2) is 4.98 Å². The molecule has 0 radical (unpaired) electrons. The number of pyridine rings is 1. The average Bonchev–Trinajstić information content (AvgIpc) is 2.23. The van der Waals surface area contributed by atoms with E-state index in [1.165, 1.54) is 25.7 Å². The van der Waals surface area contributed by atoms with Gasteiger partial charge in [-0.15, -0.1) is 0 Å². The standard InChI is InChI=1S/C13H21ClN2O/c1-3-4-5-6-7-10(2)17-13-9-11(15)8-12(14)16-13/h8-10H,3-7H2,1-2H3,(H2,15,16). The first-order valence-electron chi connectivity index (χ1n) is 6.21. The van der Waals surface area contributed by atoms with Gasteiger partial charge < -0.3 is 10.5 Å². The second-order valence-electron chi connectivity index (χ2n) is 4.34. The zero-order chi connectivity index (χ0) is 12.7. The Bertz CT molecular complexity index is 324. The smallest absolute Gasteiger partial charge is 0.216 e. The number of nitrogen functional groups attached to an aromatic ring is 1. The summed E-state index contributed by atoms with van der Waals surface area (Å²) in [5.41, 5.74) is 6.25. The molecular formula is C13H21ClN2O. The molecule has 0 fully saturated rings. The van der Waals surface area contributed by atoms with Crippen LogP contribution in [0.3, 0.4) is 0 Å². The van der Waals surface area contributed by atoms with Crippen molar-refractivity contribution in [2.24, 2.45) is 0 Å². The molecule has 17 heavy (non-hydrogen) atoms. The number of nitrogens with two attached hydrogens (primary N) is 1. The van der Waals surface area contributed by atoms with Crippen molar-refractivity contribution in [3.05, 3.63) is 17.3 Å². The molecular weight excluding hydrogens is 236 g/mol. The third kappa shape index (κ3) is 5.78. The minimum atomic E-state index is 0.150. The molecule has 2 N–H and O–H groups in total. The number of ether oxygens (including phenoxy) is 1. The van der Waals surface area contributed by atoms with E-state index in [0.717, 1.165) is 6.42 Å². The van der Waals surface area contributed by atoms with E-state index in [2.05, 4.69) is 11.9 Å². The number of nitrogens with zero attached hydrogens (tertiary/aromatic N) is 1. The van der Waals surface area contributed by atoms with Crippen LogP contribution in [0, 0.1) is 0 Å². The van der Waals surface area contributed by atoms with Gasteiger partial charge in [-0.1, -0.05) is 37.8 Å². The summed E-state index contributed by atoms with van der Waals surface area (Å²) in [6.45, 7) is 4.25. The van der Waals surface area contributed by atoms with Crippen LogP contribution in [0.1, 0.15) is 46.0 Å². The molecule has 0 aliphatic heterocycles. The number of unbranched alkanes of at least 4 members (excludes halogenated alkanes) is 3. The first-order chi connectivity index (χ1) is 8.11. The maximum Gasteiger partial charge on any atom is 0.216 e. The molecule has 1 aromatic rings. The fraction of sp³-hybridized carbons (Fsp3) is 0.615. The Hall–Kier alpha value is -0.960. The van der Waals surface area contributed by atoms with Gasteiger partial charge in [-0.2, -0.15) is 0 Å². The summed E-state index contributed by atoms with van der Waals surface area (Å²) >= 11 is 5.81. The van der Waals surface area contributed by atoms with Gasteiger partial charge in [0.1, 0.15) is 5.15 Å². The zero-order valence-electron chi connectivity index (χ0n) is 10.6. The quantitative estimate of drug-likeness (QED) is 0.591. The zero-order valence-corrected chi connectivity index (χ0v) is 11.3. The van der Waals surface area contributed by atoms with Crippen LogP contribution in [0.15, 0.2) is 12.1 Å². The number of aromatic nitrogens is 1. The van der Waals surface area contributed by atoms with Gasteiger partial charge >= 0.3 is 0 Å². The Balaban J connectivity index is 2.36. The van der Waals surface area contributed by atoms with Gasteiger partial charge in [-0.05, 0) is 25.8 Å². The SMILES string of the molecule is CCCCCCC(C)Oc1cc(N)cc(Cl)n1. The van der Waals surface area contributed by atoms with Gasteiger partial charge in [0.25, 0.3) is 0 Å². The molecule has 0 saturated carbocycles. The third-order valence-electron chi connectivity index (χ3n) is 2.58. The molecule has 0 aliphatic carbocycles. The fourth-order valence-corrected chi connectivity index (χ4v) is 1.88. The van der Waals surface area contributed by atoms with E-state index >= 15 is 0 Å². The average molecular weight is 257 g/mol. The highest BCUT2D eigenvalue weighted by molar-refractivity contribution is 6.29. The van der Waals surface area contributed by atoms with Crippen LogP contribution in [-0.4, -0.2) is 11.1 Å². The second-order valence-corrected chi connectivity index (χ2v) is 4.73. The van der Waals surface area contributed by atoms with Crippen LogP contribution < -0.4 is 10.5 Å². The topological polar surface area (TPSA) is 48.1 Å². The fourth-order valence-electron chi connectivity index (χ4n) is 1.68. The van der Waals surface area contributed by atoms with Crippen molar-refractivity contribution >= 4 is 17.3 Å². The van der Waals surface area contributed by atoms with Gasteiger partial charge in [0, 0.05) is 11.8 Å². The number of hydrogen-bond donors (Lipinski definition) is 1. The van der Waals surface area contributed by atoms with E-state index in [1.54, 1.807) is 12.1 Å². The summed E-state index contributed by atoms with van der Waals surface area (Å²) < 4.78 is 5.68. The first-order valence-corrected chi connectivity index (χ1v) is 6.59. The monoisotopic (exact) mass is 256 g/mol. The lowest BCUT2D eigenvalue weighted by Crippen LogP contribution is -2.12. The van der Waals surface area contributed by atoms with Gasteiger partial charge in [0.2, 0.25) is 5.88 Å². The minimum absolute atomic E-state index is 0.150. The molecule has 0 saturated heterocycles. The van der Waals surface area contributed by atoms with Crippen molar-refractivity contribution < 1.29 is 4.74 Å². The first kappa shape index (κ1) is 14.1. The van der Waals surface area contributed by atoms with E-state index in [1.807, 2.05) is 6.92 Å². The Morgan fingerprint density at radius 1 is 1.35 bits per heavy atom. The second kappa shape index (κ2) is 7.38. The van der Waals surface area contributed by atoms with E-state index in [-0.39, 0.29) is 6.10 Å². The molecule has 0 aliphatic rings. The molecule has 3 nitrogen and oxygen atoms in total. The van der Waals surface area contributed by atoms with Crippen LogP contribution in [0.4, 0.5) is 5.69 Å². The number of rotatable bonds is 7. The molecule has 1 unspecified atom stereocenters. The summed E-state index contributed by atoms with van der Waals surface area (Å²) in [4.78, 5) is 4.08. The molecule has 96 valence electrons. The summed E-state index contributed by atoms with van der Waals surface area (Å²) in [5, 5.41) is 0.373. The van der Waals surface area contributed by atoms with E-state index in [4.69, 9.17) is 22.1 Å². The highest BCUT2D eigenvalue weighted by Gasteiger charge is 2.06. The number of halogens is 1. The van der Waals surface area contributed by atoms with Crippen molar-refractivity contribution in [2.45, 2.75) is 52.1 Å². The van der Waals surface area contributed by atoms with E-state index in [9.17, 15) is 0 Å². The molecule has 1 heterocycles. The summed E-state index contributed by atoms with van der Waals surface area (Å²) in [6, 6.07) is 3.31. The van der Waals surface area contributed by atoms with Crippen molar-refractivity contribution in [3.8, 4) is 5.88 Å². The van der Waals surface area contributed by atoms with Crippen LogP contribution in [0.5, 0.6) is 5.88 Å². The van der Waals surface area contributed by atoms with Crippen LogP contribution in [0.2, 0.25) is 5.15 Å². The normalized spacial score (nSPS) is 12.4. The molecule has 0 amide bonds. The largest absolute Gasteiger partial charge is 0.475 e. The molecule has 1 atom stereocenters. The molecule has 0 bridgehead atoms. The van der Waals surface area contributed by atoms with Gasteiger partial charge in [-0.3, -0.25) is 0 Å². The molecule has 0 aromatic carbocycles. The van der Waals surface area contributed by atoms with Crippen molar-refractivity contribution in [1.82, 2.24) is 4.98 Å². The Morgan fingerprint density at radius 3 is 2.76 bits per heavy atom. The number of anilines is 1. The van der Waals surface area contributed by atoms with Gasteiger partial charge in [0.05, 0.1) is 6.10 Å². The van der Waals surface area contributed by atoms with Gasteiger partial charge in [0.15, 0.2) is 0 Å². The van der Waals surface area contributed by atoms with Crippen LogP contribution in [0.25, 0.3) is 0 Å². The third-order valence-corrected chi connectivity index (χ3v) is 2.77. The lowest BCUT2D eigenvalue weighted by atomic mass is 10.1. The summed E-state index contributed by atoms with van der Waals surface area (Å²) in [5.74, 6) is 0.512. The van der Waals surface area contributed by atoms with Crippen LogP contribution in [-0.2, 0) is 0 Å². The van der Waals surface area contributed by atoms with E-state index < -0.39 is 0 Å². The Morgan fingerprint density at radius 2 is 2.12 bits per heavy atom. The minimum Gasteiger partial charge on any atom is -0.475 e. The highest BCUT2D eigenvalue weighted by atomic mass is 35.5. The predicted octanol–water partition coefficient (Wildman–Crippen LogP) is 4.05. The Kier molecular flexibility index (Phi) is 6.12. The lowest BCUT2D eigenvalue weighted by Gasteiger charge is -2.14. The highest BCUT2D eigenvalue weighted by Crippen LogP contribution is 2.19. The molecule has 1 rings (SSSR count). The number of hydrogen-bond acceptors (Lipinski definition) is 3. The van der Waals surface area contributed by atoms with Crippen molar-refractivity contribution in [1.29, 1.82) is 0 Å². The Labute approximate surface area is 108 Å². The van der Waals surface area contributed by atoms with Crippen molar-refractivity contribution in [3.63, 3.8) is 0 Å². The lowest BCUT2D eigenvalue weighted by molar-refractivity contribution is 0.198. The molecule has 4 heteroatoms. The van der Waals surface area contributed by atoms with E-state index in [0.29, 0.717) is 16.7 Å². The molecule has 1 aromatic heterocycles. The van der Waals surface area contributed by atoms with Crippen molar-refractivity contribution in [2.75, 3.05) is 5.73 Å². The molecule has 0 spiro atoms. The maximum absolute atomic E-state index is 5.81. The van der Waals surface area contributed by atoms with Crippen LogP contribution >= 0.6 is 11.6 Å². The maximum atomic E-state index is 5.81.